The molecule has 0 fully saturated rings. The SMILES string of the molecule is CCCCCCN(C(=O)C(CCC(N)=O)NC(=O)OC(C)(C)C)C(C(=O)NCCC(=O)OCC)c1cc(C)cc(C)c1. The number of primary amides is 1. The van der Waals surface area contributed by atoms with Crippen LogP contribution in [0.4, 0.5) is 4.79 Å². The molecule has 1 aromatic carbocycles. The molecule has 1 rings (SSSR count). The number of esters is 1. The maximum Gasteiger partial charge on any atom is 0.408 e. The first-order chi connectivity index (χ1) is 19.7. The van der Waals surface area contributed by atoms with Gasteiger partial charge in [0.15, 0.2) is 0 Å². The van der Waals surface area contributed by atoms with Crippen molar-refractivity contribution in [1.29, 1.82) is 0 Å². The smallest absolute Gasteiger partial charge is 0.408 e. The van der Waals surface area contributed by atoms with E-state index < -0.39 is 47.5 Å². The van der Waals surface area contributed by atoms with Gasteiger partial charge in [-0.05, 0) is 59.9 Å². The summed E-state index contributed by atoms with van der Waals surface area (Å²) < 4.78 is 10.3. The predicted molar refractivity (Wildman–Crippen MR) is 160 cm³/mol. The lowest BCUT2D eigenvalue weighted by atomic mass is 9.97. The minimum absolute atomic E-state index is 0.0228. The minimum atomic E-state index is -1.17. The number of rotatable bonds is 17. The molecule has 0 saturated heterocycles. The number of carbonyl (C=O) groups excluding carboxylic acids is 5. The largest absolute Gasteiger partial charge is 0.466 e. The maximum absolute atomic E-state index is 14.2. The highest BCUT2D eigenvalue weighted by atomic mass is 16.6. The second-order valence-electron chi connectivity index (χ2n) is 11.5. The molecule has 4 N–H and O–H groups in total. The summed E-state index contributed by atoms with van der Waals surface area (Å²) in [5, 5.41) is 5.39. The van der Waals surface area contributed by atoms with Gasteiger partial charge in [-0.2, -0.15) is 0 Å². The van der Waals surface area contributed by atoms with Crippen molar-refractivity contribution in [1.82, 2.24) is 15.5 Å². The number of nitrogens with two attached hydrogens (primary N) is 1. The molecule has 0 aliphatic heterocycles. The molecule has 1 aromatic rings. The molecule has 0 saturated carbocycles. The van der Waals surface area contributed by atoms with Gasteiger partial charge in [0.05, 0.1) is 13.0 Å². The van der Waals surface area contributed by atoms with Crippen LogP contribution in [-0.4, -0.2) is 66.0 Å². The number of aryl methyl sites for hydroxylation is 2. The summed E-state index contributed by atoms with van der Waals surface area (Å²) in [5.74, 6) is -2.08. The first kappa shape index (κ1) is 36.4. The second-order valence-corrected chi connectivity index (χ2v) is 11.5. The van der Waals surface area contributed by atoms with Gasteiger partial charge in [-0.3, -0.25) is 19.2 Å². The summed E-state index contributed by atoms with van der Waals surface area (Å²) in [4.78, 5) is 65.7. The van der Waals surface area contributed by atoms with Crippen molar-refractivity contribution in [2.24, 2.45) is 5.73 Å². The van der Waals surface area contributed by atoms with Crippen molar-refractivity contribution in [3.05, 3.63) is 34.9 Å². The van der Waals surface area contributed by atoms with E-state index in [0.717, 1.165) is 30.4 Å². The Hall–Kier alpha value is -3.63. The van der Waals surface area contributed by atoms with E-state index in [0.29, 0.717) is 12.0 Å². The van der Waals surface area contributed by atoms with Crippen LogP contribution in [0.1, 0.15) is 102 Å². The second kappa shape index (κ2) is 18.0. The average molecular weight is 591 g/mol. The molecule has 0 heterocycles. The van der Waals surface area contributed by atoms with E-state index in [9.17, 15) is 24.0 Å². The number of unbranched alkanes of at least 4 members (excludes halogenated alkanes) is 3. The number of carbonyl (C=O) groups is 5. The molecule has 0 aliphatic rings. The maximum atomic E-state index is 14.2. The number of hydrogen-bond donors (Lipinski definition) is 3. The summed E-state index contributed by atoms with van der Waals surface area (Å²) in [7, 11) is 0. The third-order valence-electron chi connectivity index (χ3n) is 6.26. The fourth-order valence-electron chi connectivity index (χ4n) is 4.53. The Bertz CT molecular complexity index is 1050. The zero-order chi connectivity index (χ0) is 31.9. The molecule has 42 heavy (non-hydrogen) atoms. The molecule has 0 radical (unpaired) electrons. The highest BCUT2D eigenvalue weighted by Gasteiger charge is 2.36. The van der Waals surface area contributed by atoms with Crippen LogP contribution >= 0.6 is 0 Å². The van der Waals surface area contributed by atoms with E-state index >= 15 is 0 Å². The van der Waals surface area contributed by atoms with Crippen LogP contribution in [-0.2, 0) is 28.7 Å². The number of amides is 4. The van der Waals surface area contributed by atoms with Crippen LogP contribution in [0.25, 0.3) is 0 Å². The Balaban J connectivity index is 3.53. The number of nitrogens with one attached hydrogen (secondary N) is 2. The van der Waals surface area contributed by atoms with E-state index in [1.165, 1.54) is 4.90 Å². The van der Waals surface area contributed by atoms with Crippen molar-refractivity contribution >= 4 is 29.8 Å². The molecule has 0 bridgehead atoms. The zero-order valence-corrected chi connectivity index (χ0v) is 26.3. The molecule has 0 spiro atoms. The summed E-state index contributed by atoms with van der Waals surface area (Å²) in [6.07, 6.45) is 2.30. The van der Waals surface area contributed by atoms with Crippen LogP contribution in [0.3, 0.4) is 0 Å². The Kier molecular flexibility index (Phi) is 15.6. The molecule has 11 heteroatoms. The molecule has 0 aliphatic carbocycles. The lowest BCUT2D eigenvalue weighted by Gasteiger charge is -2.35. The number of hydrogen-bond acceptors (Lipinski definition) is 7. The average Bonchev–Trinajstić information content (AvgIpc) is 2.86. The van der Waals surface area contributed by atoms with E-state index in [-0.39, 0.29) is 39.0 Å². The van der Waals surface area contributed by atoms with Crippen molar-refractivity contribution in [3.8, 4) is 0 Å². The molecule has 236 valence electrons. The van der Waals surface area contributed by atoms with Crippen LogP contribution < -0.4 is 16.4 Å². The molecule has 2 atom stereocenters. The standard InChI is InChI=1S/C31H50N4O7/c1-8-10-11-12-17-35(29(39)24(13-14-25(32)36)34-30(40)42-31(5,6)7)27(23-19-21(3)18-22(4)20-23)28(38)33-16-15-26(37)41-9-2/h18-20,24,27H,8-17H2,1-7H3,(H2,32,36)(H,33,38)(H,34,40). The quantitative estimate of drug-likeness (QED) is 0.183. The Morgan fingerprint density at radius 2 is 1.60 bits per heavy atom. The molecule has 4 amide bonds. The number of alkyl carbamates (subject to hydrolysis) is 1. The summed E-state index contributed by atoms with van der Waals surface area (Å²) in [6.45, 7) is 13.2. The number of nitrogens with zero attached hydrogens (tertiary/aromatic N) is 1. The molecule has 0 aromatic heterocycles. The topological polar surface area (TPSA) is 157 Å². The van der Waals surface area contributed by atoms with Crippen LogP contribution in [0.15, 0.2) is 18.2 Å². The van der Waals surface area contributed by atoms with E-state index in [2.05, 4.69) is 17.6 Å². The zero-order valence-electron chi connectivity index (χ0n) is 26.3. The third-order valence-corrected chi connectivity index (χ3v) is 6.26. The van der Waals surface area contributed by atoms with Gasteiger partial charge >= 0.3 is 12.1 Å². The van der Waals surface area contributed by atoms with E-state index in [4.69, 9.17) is 15.2 Å². The first-order valence-electron chi connectivity index (χ1n) is 14.8. The van der Waals surface area contributed by atoms with Crippen LogP contribution in [0.2, 0.25) is 0 Å². The molecule has 11 nitrogen and oxygen atoms in total. The predicted octanol–water partition coefficient (Wildman–Crippen LogP) is 3.98. The Morgan fingerprint density at radius 3 is 2.14 bits per heavy atom. The summed E-state index contributed by atoms with van der Waals surface area (Å²) in [5.41, 5.74) is 6.98. The fraction of sp³-hybridized carbons (Fsp3) is 0.645. The number of ether oxygens (including phenoxy) is 2. The normalized spacial score (nSPS) is 12.5. The van der Waals surface area contributed by atoms with Gasteiger partial charge in [0.2, 0.25) is 17.7 Å². The van der Waals surface area contributed by atoms with Crippen molar-refractivity contribution in [2.45, 2.75) is 111 Å². The van der Waals surface area contributed by atoms with E-state index in [1.807, 2.05) is 32.0 Å². The summed E-state index contributed by atoms with van der Waals surface area (Å²) >= 11 is 0. The Morgan fingerprint density at radius 1 is 0.952 bits per heavy atom. The molecular formula is C31H50N4O7. The third kappa shape index (κ3) is 13.8. The summed E-state index contributed by atoms with van der Waals surface area (Å²) in [6, 6.07) is 3.42. The van der Waals surface area contributed by atoms with Gasteiger partial charge in [-0.1, -0.05) is 55.5 Å². The van der Waals surface area contributed by atoms with Crippen molar-refractivity contribution < 1.29 is 33.4 Å². The van der Waals surface area contributed by atoms with Gasteiger partial charge in [0, 0.05) is 19.5 Å². The van der Waals surface area contributed by atoms with E-state index in [1.54, 1.807) is 27.7 Å². The molecule has 2 unspecified atom stereocenters. The minimum Gasteiger partial charge on any atom is -0.466 e. The molecular weight excluding hydrogens is 540 g/mol. The lowest BCUT2D eigenvalue weighted by molar-refractivity contribution is -0.144. The highest BCUT2D eigenvalue weighted by molar-refractivity contribution is 5.92. The van der Waals surface area contributed by atoms with Gasteiger partial charge in [0.1, 0.15) is 17.7 Å². The highest BCUT2D eigenvalue weighted by Crippen LogP contribution is 2.26. The monoisotopic (exact) mass is 590 g/mol. The van der Waals surface area contributed by atoms with Gasteiger partial charge in [-0.15, -0.1) is 0 Å². The van der Waals surface area contributed by atoms with Crippen LogP contribution in [0, 0.1) is 13.8 Å². The lowest BCUT2D eigenvalue weighted by Crippen LogP contribution is -2.53. The van der Waals surface area contributed by atoms with Crippen LogP contribution in [0.5, 0.6) is 0 Å². The van der Waals surface area contributed by atoms with Crippen molar-refractivity contribution in [2.75, 3.05) is 19.7 Å². The Labute approximate surface area is 250 Å². The fourth-order valence-corrected chi connectivity index (χ4v) is 4.53. The first-order valence-corrected chi connectivity index (χ1v) is 14.8. The van der Waals surface area contributed by atoms with Gasteiger partial charge in [0.25, 0.3) is 0 Å². The van der Waals surface area contributed by atoms with Crippen molar-refractivity contribution in [3.63, 3.8) is 0 Å². The number of benzene rings is 1. The van der Waals surface area contributed by atoms with Gasteiger partial charge < -0.3 is 30.7 Å². The van der Waals surface area contributed by atoms with Gasteiger partial charge in [-0.25, -0.2) is 4.79 Å².